The monoisotopic (exact) mass is 568 g/mol. The number of rotatable bonds is 5. The summed E-state index contributed by atoms with van der Waals surface area (Å²) in [4.78, 5) is 38.4. The van der Waals surface area contributed by atoms with Crippen molar-refractivity contribution in [3.05, 3.63) is 106 Å². The molecule has 2 N–H and O–H groups in total. The maximum Gasteiger partial charge on any atom is 0.339 e. The van der Waals surface area contributed by atoms with Gasteiger partial charge in [0.25, 0.3) is 0 Å². The van der Waals surface area contributed by atoms with Gasteiger partial charge in [-0.1, -0.05) is 50.2 Å². The lowest BCUT2D eigenvalue weighted by atomic mass is 9.68. The maximum absolute atomic E-state index is 13.7. The zero-order valence-corrected chi connectivity index (χ0v) is 23.6. The quantitative estimate of drug-likeness (QED) is 0.398. The van der Waals surface area contributed by atoms with Crippen LogP contribution in [-0.4, -0.2) is 25.9 Å². The molecule has 1 atom stereocenters. The van der Waals surface area contributed by atoms with Crippen molar-refractivity contribution in [2.75, 3.05) is 5.32 Å². The molecule has 0 spiro atoms. The van der Waals surface area contributed by atoms with E-state index in [-0.39, 0.29) is 33.5 Å². The Balaban J connectivity index is 1.35. The van der Waals surface area contributed by atoms with E-state index in [1.807, 2.05) is 18.2 Å². The Morgan fingerprint density at radius 2 is 1.56 bits per heavy atom. The lowest BCUT2D eigenvalue weighted by molar-refractivity contribution is -0.118. The number of benzene rings is 3. The number of nitrogens with one attached hydrogen (secondary N) is 2. The molecule has 1 heterocycles. The van der Waals surface area contributed by atoms with Crippen LogP contribution in [0.4, 0.5) is 5.69 Å². The van der Waals surface area contributed by atoms with Crippen LogP contribution in [0.15, 0.2) is 94.5 Å². The fourth-order valence-corrected chi connectivity index (χ4v) is 6.85. The minimum Gasteiger partial charge on any atom is -0.379 e. The Labute approximate surface area is 238 Å². The van der Waals surface area contributed by atoms with Crippen molar-refractivity contribution in [3.8, 4) is 5.75 Å². The first-order valence-corrected chi connectivity index (χ1v) is 14.7. The lowest BCUT2D eigenvalue weighted by Gasteiger charge is -2.39. The zero-order chi connectivity index (χ0) is 29.1. The summed E-state index contributed by atoms with van der Waals surface area (Å²) < 4.78 is 31.2. The van der Waals surface area contributed by atoms with Gasteiger partial charge < -0.3 is 14.8 Å². The Kier molecular flexibility index (Phi) is 6.22. The van der Waals surface area contributed by atoms with E-state index < -0.39 is 16.0 Å². The molecule has 0 saturated carbocycles. The van der Waals surface area contributed by atoms with Crippen LogP contribution in [0, 0.1) is 5.41 Å². The Hall–Kier alpha value is -4.50. The van der Waals surface area contributed by atoms with E-state index in [0.29, 0.717) is 40.8 Å². The van der Waals surface area contributed by atoms with Gasteiger partial charge in [0.05, 0.1) is 5.70 Å². The average molecular weight is 569 g/mol. The Bertz CT molecular complexity index is 1800. The summed E-state index contributed by atoms with van der Waals surface area (Å²) in [6.07, 6.45) is 1.03. The fourth-order valence-electron chi connectivity index (χ4n) is 5.92. The van der Waals surface area contributed by atoms with E-state index in [2.05, 4.69) is 24.5 Å². The van der Waals surface area contributed by atoms with E-state index in [4.69, 9.17) is 4.18 Å². The van der Waals surface area contributed by atoms with Crippen molar-refractivity contribution >= 4 is 39.0 Å². The third-order valence-corrected chi connectivity index (χ3v) is 8.87. The molecule has 1 aliphatic heterocycles. The van der Waals surface area contributed by atoms with Crippen LogP contribution in [-0.2, 0) is 19.7 Å². The highest BCUT2D eigenvalue weighted by Gasteiger charge is 2.46. The summed E-state index contributed by atoms with van der Waals surface area (Å²) in [5, 5.41) is 6.04. The number of carbonyl (C=O) groups is 3. The lowest BCUT2D eigenvalue weighted by Crippen LogP contribution is -2.37. The van der Waals surface area contributed by atoms with Gasteiger partial charge >= 0.3 is 10.1 Å². The van der Waals surface area contributed by atoms with Crippen LogP contribution in [0.3, 0.4) is 0 Å². The number of fused-ring (bicyclic) bond motifs is 2. The maximum atomic E-state index is 13.7. The van der Waals surface area contributed by atoms with Crippen molar-refractivity contribution in [1.29, 1.82) is 0 Å². The van der Waals surface area contributed by atoms with E-state index in [0.717, 1.165) is 17.0 Å². The number of hydrogen-bond donors (Lipinski definition) is 2. The zero-order valence-electron chi connectivity index (χ0n) is 22.8. The van der Waals surface area contributed by atoms with E-state index in [9.17, 15) is 22.8 Å². The minimum atomic E-state index is -4.15. The van der Waals surface area contributed by atoms with Crippen molar-refractivity contribution < 1.29 is 27.0 Å². The van der Waals surface area contributed by atoms with Gasteiger partial charge in [-0.3, -0.25) is 14.4 Å². The molecule has 0 unspecified atom stereocenters. The van der Waals surface area contributed by atoms with Gasteiger partial charge in [-0.2, -0.15) is 8.42 Å². The first-order valence-electron chi connectivity index (χ1n) is 13.3. The molecule has 1 amide bonds. The molecule has 2 aliphatic carbocycles. The van der Waals surface area contributed by atoms with Crippen LogP contribution in [0.5, 0.6) is 5.75 Å². The Morgan fingerprint density at radius 1 is 0.902 bits per heavy atom. The average Bonchev–Trinajstić information content (AvgIpc) is 3.19. The fraction of sp³-hybridized carbons (Fsp3) is 0.219. The highest BCUT2D eigenvalue weighted by Crippen LogP contribution is 2.51. The molecule has 0 saturated heterocycles. The molecule has 8 nitrogen and oxygen atoms in total. The standard InChI is InChI=1S/C32H28N2O6S/c1-18(35)33-20-10-14-22(15-11-20)41(38,39)40-21-12-8-19(9-13-21)27-28-25(16-32(2,3)17-26(28)36)34-30-23-6-4-5-7-24(23)31(37)29(27)30/h4-15,27,34H,16-17H2,1-3H3,(H,33,35)/t27-/m1/s1. The van der Waals surface area contributed by atoms with Crippen molar-refractivity contribution in [2.24, 2.45) is 5.41 Å². The molecule has 0 radical (unpaired) electrons. The third-order valence-electron chi connectivity index (χ3n) is 7.61. The predicted octanol–water partition coefficient (Wildman–Crippen LogP) is 5.35. The molecular weight excluding hydrogens is 540 g/mol. The molecule has 6 rings (SSSR count). The third kappa shape index (κ3) is 4.76. The first-order chi connectivity index (χ1) is 19.4. The number of Topliss-reactive ketones (excluding diaryl/α,β-unsaturated/α-hetero) is 2. The number of carbonyl (C=O) groups excluding carboxylic acids is 3. The van der Waals surface area contributed by atoms with Gasteiger partial charge in [0.15, 0.2) is 11.6 Å². The SMILES string of the molecule is CC(=O)Nc1ccc(S(=O)(=O)Oc2ccc([C@@H]3C4=C(CC(C)(C)CC4=O)NC4=C3C(=O)c3ccccc34)cc2)cc1. The topological polar surface area (TPSA) is 119 Å². The molecule has 9 heteroatoms. The van der Waals surface area contributed by atoms with Gasteiger partial charge in [0, 0.05) is 52.9 Å². The summed E-state index contributed by atoms with van der Waals surface area (Å²) in [5.41, 5.74) is 5.02. The smallest absolute Gasteiger partial charge is 0.339 e. The summed E-state index contributed by atoms with van der Waals surface area (Å²) in [6, 6.07) is 19.6. The van der Waals surface area contributed by atoms with Gasteiger partial charge in [-0.15, -0.1) is 0 Å². The molecular formula is C32H28N2O6S. The summed E-state index contributed by atoms with van der Waals surface area (Å²) >= 11 is 0. The molecule has 0 aromatic heterocycles. The molecule has 41 heavy (non-hydrogen) atoms. The van der Waals surface area contributed by atoms with Gasteiger partial charge in [0.2, 0.25) is 5.91 Å². The van der Waals surface area contributed by atoms with E-state index >= 15 is 0 Å². The summed E-state index contributed by atoms with van der Waals surface area (Å²) in [6.45, 7) is 5.48. The van der Waals surface area contributed by atoms with Crippen molar-refractivity contribution in [3.63, 3.8) is 0 Å². The molecule has 3 aromatic carbocycles. The van der Waals surface area contributed by atoms with Crippen LogP contribution >= 0.6 is 0 Å². The summed E-state index contributed by atoms with van der Waals surface area (Å²) in [5.74, 6) is -0.887. The van der Waals surface area contributed by atoms with Crippen LogP contribution in [0.1, 0.15) is 61.0 Å². The van der Waals surface area contributed by atoms with Crippen LogP contribution in [0.2, 0.25) is 0 Å². The molecule has 0 bridgehead atoms. The summed E-state index contributed by atoms with van der Waals surface area (Å²) in [7, 11) is -4.15. The first kappa shape index (κ1) is 26.7. The largest absolute Gasteiger partial charge is 0.379 e. The second-order valence-corrected chi connectivity index (χ2v) is 12.9. The highest BCUT2D eigenvalue weighted by atomic mass is 32.2. The number of dihydropyridines is 1. The normalized spacial score (nSPS) is 19.2. The van der Waals surface area contributed by atoms with E-state index in [1.165, 1.54) is 43.3 Å². The number of hydrogen-bond acceptors (Lipinski definition) is 7. The number of amides is 1. The van der Waals surface area contributed by atoms with Crippen LogP contribution < -0.4 is 14.8 Å². The van der Waals surface area contributed by atoms with Gasteiger partial charge in [-0.25, -0.2) is 0 Å². The second kappa shape index (κ2) is 9.55. The predicted molar refractivity (Wildman–Crippen MR) is 154 cm³/mol. The molecule has 0 fully saturated rings. The number of ketones is 2. The van der Waals surface area contributed by atoms with Gasteiger partial charge in [-0.05, 0) is 53.8 Å². The van der Waals surface area contributed by atoms with Gasteiger partial charge in [0.1, 0.15) is 10.6 Å². The van der Waals surface area contributed by atoms with Crippen molar-refractivity contribution in [2.45, 2.75) is 44.4 Å². The number of allylic oxidation sites excluding steroid dienone is 3. The number of anilines is 1. The second-order valence-electron chi connectivity index (χ2n) is 11.4. The minimum absolute atomic E-state index is 0.00494. The Morgan fingerprint density at radius 3 is 2.22 bits per heavy atom. The molecule has 3 aliphatic rings. The van der Waals surface area contributed by atoms with E-state index in [1.54, 1.807) is 18.2 Å². The van der Waals surface area contributed by atoms with Crippen molar-refractivity contribution in [1.82, 2.24) is 5.32 Å². The van der Waals surface area contributed by atoms with Crippen LogP contribution in [0.25, 0.3) is 5.70 Å². The molecule has 208 valence electrons. The highest BCUT2D eigenvalue weighted by molar-refractivity contribution is 7.87. The molecule has 3 aromatic rings.